The molecule has 0 aliphatic heterocycles. The molecule has 2 heteroatoms. The van der Waals surface area contributed by atoms with Crippen molar-refractivity contribution in [1.82, 2.24) is 0 Å². The molecule has 0 spiro atoms. The molecule has 2 aliphatic carbocycles. The Bertz CT molecular complexity index is 203. The highest BCUT2D eigenvalue weighted by Gasteiger charge is 2.33. The summed E-state index contributed by atoms with van der Waals surface area (Å²) in [5.41, 5.74) is 0.423. The Hall–Kier alpha value is 0.310. The largest absolute Gasteiger partial charge is 0.378 e. The van der Waals surface area contributed by atoms with Gasteiger partial charge in [-0.1, -0.05) is 19.8 Å². The minimum absolute atomic E-state index is 0.423. The molecule has 2 fully saturated rings. The molecule has 94 valence electrons. The predicted octanol–water partition coefficient (Wildman–Crippen LogP) is 4.07. The Balaban J connectivity index is 1.73. The van der Waals surface area contributed by atoms with E-state index in [1.807, 2.05) is 0 Å². The fourth-order valence-electron chi connectivity index (χ4n) is 3.16. The van der Waals surface area contributed by atoms with Gasteiger partial charge in [0.25, 0.3) is 0 Å². The van der Waals surface area contributed by atoms with Crippen molar-refractivity contribution in [3.05, 3.63) is 0 Å². The SMILES string of the molecule is CC1CCC(OCC2(CS)CCCC2)CC1. The number of hydrogen-bond donors (Lipinski definition) is 1. The first kappa shape index (κ1) is 12.8. The van der Waals surface area contributed by atoms with Crippen molar-refractivity contribution in [2.75, 3.05) is 12.4 Å². The summed E-state index contributed by atoms with van der Waals surface area (Å²) in [6.45, 7) is 3.33. The van der Waals surface area contributed by atoms with E-state index in [4.69, 9.17) is 4.74 Å². The molecule has 0 saturated heterocycles. The lowest BCUT2D eigenvalue weighted by atomic mass is 9.87. The van der Waals surface area contributed by atoms with E-state index in [9.17, 15) is 0 Å². The van der Waals surface area contributed by atoms with Gasteiger partial charge in [0.1, 0.15) is 0 Å². The zero-order valence-electron chi connectivity index (χ0n) is 10.6. The lowest BCUT2D eigenvalue weighted by Gasteiger charge is -2.32. The number of ether oxygens (including phenoxy) is 1. The van der Waals surface area contributed by atoms with Gasteiger partial charge in [-0.3, -0.25) is 0 Å². The Morgan fingerprint density at radius 3 is 2.31 bits per heavy atom. The molecule has 0 radical (unpaired) electrons. The van der Waals surface area contributed by atoms with E-state index >= 15 is 0 Å². The molecule has 2 aliphatic rings. The van der Waals surface area contributed by atoms with Crippen molar-refractivity contribution in [2.24, 2.45) is 11.3 Å². The van der Waals surface area contributed by atoms with Crippen molar-refractivity contribution >= 4 is 12.6 Å². The highest BCUT2D eigenvalue weighted by Crippen LogP contribution is 2.40. The van der Waals surface area contributed by atoms with Crippen molar-refractivity contribution < 1.29 is 4.74 Å². The van der Waals surface area contributed by atoms with E-state index in [0.29, 0.717) is 11.5 Å². The van der Waals surface area contributed by atoms with Crippen LogP contribution in [0.2, 0.25) is 0 Å². The molecule has 0 N–H and O–H groups in total. The van der Waals surface area contributed by atoms with Crippen LogP contribution >= 0.6 is 12.6 Å². The minimum Gasteiger partial charge on any atom is -0.378 e. The second-order valence-electron chi connectivity index (χ2n) is 6.06. The molecule has 0 aromatic heterocycles. The molecule has 16 heavy (non-hydrogen) atoms. The summed E-state index contributed by atoms with van der Waals surface area (Å²) >= 11 is 4.53. The van der Waals surface area contributed by atoms with Crippen molar-refractivity contribution in [2.45, 2.75) is 64.4 Å². The molecule has 2 rings (SSSR count). The van der Waals surface area contributed by atoms with Crippen LogP contribution in [0.5, 0.6) is 0 Å². The van der Waals surface area contributed by atoms with Crippen molar-refractivity contribution in [3.63, 3.8) is 0 Å². The topological polar surface area (TPSA) is 9.23 Å². The summed E-state index contributed by atoms with van der Waals surface area (Å²) < 4.78 is 6.16. The van der Waals surface area contributed by atoms with E-state index in [1.54, 1.807) is 0 Å². The molecule has 0 amide bonds. The van der Waals surface area contributed by atoms with Gasteiger partial charge in [-0.25, -0.2) is 0 Å². The molecular formula is C14H26OS. The summed E-state index contributed by atoms with van der Waals surface area (Å²) in [7, 11) is 0. The van der Waals surface area contributed by atoms with E-state index in [0.717, 1.165) is 18.3 Å². The molecular weight excluding hydrogens is 216 g/mol. The van der Waals surface area contributed by atoms with Crippen LogP contribution < -0.4 is 0 Å². The van der Waals surface area contributed by atoms with E-state index in [1.165, 1.54) is 51.4 Å². The third kappa shape index (κ3) is 3.16. The second-order valence-corrected chi connectivity index (χ2v) is 6.37. The van der Waals surface area contributed by atoms with Crippen molar-refractivity contribution in [1.29, 1.82) is 0 Å². The average molecular weight is 242 g/mol. The summed E-state index contributed by atoms with van der Waals surface area (Å²) in [5.74, 6) is 1.93. The lowest BCUT2D eigenvalue weighted by molar-refractivity contribution is -0.0222. The van der Waals surface area contributed by atoms with E-state index in [-0.39, 0.29) is 0 Å². The maximum atomic E-state index is 6.16. The Morgan fingerprint density at radius 1 is 1.12 bits per heavy atom. The third-order valence-corrected chi connectivity index (χ3v) is 5.26. The fraction of sp³-hybridized carbons (Fsp3) is 1.00. The van der Waals surface area contributed by atoms with E-state index in [2.05, 4.69) is 19.6 Å². The van der Waals surface area contributed by atoms with Gasteiger partial charge < -0.3 is 4.74 Å². The Labute approximate surface area is 106 Å². The first-order valence-corrected chi connectivity index (χ1v) is 7.60. The Kier molecular flexibility index (Phi) is 4.60. The zero-order valence-corrected chi connectivity index (χ0v) is 11.5. The standard InChI is InChI=1S/C14H26OS/c1-12-4-6-13(7-5-12)15-10-14(11-16)8-2-3-9-14/h12-13,16H,2-11H2,1H3. The van der Waals surface area contributed by atoms with Gasteiger partial charge in [0, 0.05) is 5.41 Å². The van der Waals surface area contributed by atoms with Crippen LogP contribution in [0.15, 0.2) is 0 Å². The van der Waals surface area contributed by atoms with Crippen LogP contribution in [0.25, 0.3) is 0 Å². The van der Waals surface area contributed by atoms with Gasteiger partial charge in [-0.2, -0.15) is 12.6 Å². The normalized spacial score (nSPS) is 34.1. The average Bonchev–Trinajstić information content (AvgIpc) is 2.78. The zero-order chi connectivity index (χ0) is 11.4. The first-order chi connectivity index (χ1) is 7.74. The highest BCUT2D eigenvalue weighted by molar-refractivity contribution is 7.80. The second kappa shape index (κ2) is 5.77. The fourth-order valence-corrected chi connectivity index (χ4v) is 3.57. The van der Waals surface area contributed by atoms with Gasteiger partial charge in [-0.15, -0.1) is 0 Å². The van der Waals surface area contributed by atoms with Gasteiger partial charge >= 0.3 is 0 Å². The summed E-state index contributed by atoms with van der Waals surface area (Å²) in [6, 6.07) is 0. The molecule has 2 saturated carbocycles. The van der Waals surface area contributed by atoms with Gasteiger partial charge in [-0.05, 0) is 50.2 Å². The molecule has 0 atom stereocenters. The monoisotopic (exact) mass is 242 g/mol. The highest BCUT2D eigenvalue weighted by atomic mass is 32.1. The van der Waals surface area contributed by atoms with Gasteiger partial charge in [0.15, 0.2) is 0 Å². The number of hydrogen-bond acceptors (Lipinski definition) is 2. The van der Waals surface area contributed by atoms with Crippen LogP contribution in [0.4, 0.5) is 0 Å². The van der Waals surface area contributed by atoms with Crippen molar-refractivity contribution in [3.8, 4) is 0 Å². The van der Waals surface area contributed by atoms with Crippen LogP contribution in [-0.2, 0) is 4.74 Å². The van der Waals surface area contributed by atoms with Crippen LogP contribution in [0, 0.1) is 11.3 Å². The van der Waals surface area contributed by atoms with Crippen LogP contribution in [-0.4, -0.2) is 18.5 Å². The summed E-state index contributed by atoms with van der Waals surface area (Å²) in [5, 5.41) is 0. The first-order valence-electron chi connectivity index (χ1n) is 6.97. The molecule has 1 nitrogen and oxygen atoms in total. The van der Waals surface area contributed by atoms with Crippen LogP contribution in [0.3, 0.4) is 0 Å². The van der Waals surface area contributed by atoms with E-state index < -0.39 is 0 Å². The Morgan fingerprint density at radius 2 is 1.75 bits per heavy atom. The molecule has 0 bridgehead atoms. The number of thiol groups is 1. The molecule has 0 aromatic carbocycles. The maximum Gasteiger partial charge on any atom is 0.0575 e. The predicted molar refractivity (Wildman–Crippen MR) is 72.1 cm³/mol. The minimum atomic E-state index is 0.423. The lowest BCUT2D eigenvalue weighted by Crippen LogP contribution is -2.30. The molecule has 0 aromatic rings. The summed E-state index contributed by atoms with van der Waals surface area (Å²) in [6.07, 6.45) is 11.3. The third-order valence-electron chi connectivity index (χ3n) is 4.59. The van der Waals surface area contributed by atoms with Crippen LogP contribution in [0.1, 0.15) is 58.3 Å². The van der Waals surface area contributed by atoms with Gasteiger partial charge in [0.05, 0.1) is 12.7 Å². The number of rotatable bonds is 4. The smallest absolute Gasteiger partial charge is 0.0575 e. The summed E-state index contributed by atoms with van der Waals surface area (Å²) in [4.78, 5) is 0. The quantitative estimate of drug-likeness (QED) is 0.731. The molecule has 0 unspecified atom stereocenters. The van der Waals surface area contributed by atoms with Gasteiger partial charge in [0.2, 0.25) is 0 Å². The molecule has 0 heterocycles. The maximum absolute atomic E-state index is 6.16.